The molecule has 0 aromatic carbocycles. The molecule has 1 unspecified atom stereocenters. The molecule has 3 heterocycles. The van der Waals surface area contributed by atoms with E-state index in [1.54, 1.807) is 0 Å². The summed E-state index contributed by atoms with van der Waals surface area (Å²) < 4.78 is 1.96. The van der Waals surface area contributed by atoms with Crippen molar-refractivity contribution in [1.29, 1.82) is 0 Å². The molecule has 0 aliphatic rings. The first-order valence-corrected chi connectivity index (χ1v) is 10.3. The molecule has 2 amide bonds. The van der Waals surface area contributed by atoms with E-state index >= 15 is 0 Å². The van der Waals surface area contributed by atoms with Crippen LogP contribution in [0.5, 0.6) is 0 Å². The highest BCUT2D eigenvalue weighted by Gasteiger charge is 2.25. The number of hydrogen-bond donors (Lipinski definition) is 3. The minimum Gasteiger partial charge on any atom is -0.352 e. The van der Waals surface area contributed by atoms with E-state index in [1.807, 2.05) is 45.3 Å². The molecule has 164 valence electrons. The summed E-state index contributed by atoms with van der Waals surface area (Å²) in [6, 6.07) is 1.94. The van der Waals surface area contributed by atoms with Crippen LogP contribution in [0.3, 0.4) is 0 Å². The van der Waals surface area contributed by atoms with Crippen molar-refractivity contribution in [3.05, 3.63) is 56.5 Å². The molecular formula is C22H28N6O3. The third kappa shape index (κ3) is 4.08. The van der Waals surface area contributed by atoms with Crippen LogP contribution in [0.15, 0.2) is 17.1 Å². The second-order valence-corrected chi connectivity index (χ2v) is 7.72. The number of carbonyl (C=O) groups is 2. The highest BCUT2D eigenvalue weighted by Crippen LogP contribution is 2.29. The zero-order valence-electron chi connectivity index (χ0n) is 18.7. The number of amides is 2. The highest BCUT2D eigenvalue weighted by molar-refractivity contribution is 6.08. The number of hydrogen-bond acceptors (Lipinski definition) is 5. The molecule has 31 heavy (non-hydrogen) atoms. The Kier molecular flexibility index (Phi) is 6.24. The number of rotatable bonds is 6. The van der Waals surface area contributed by atoms with Crippen LogP contribution in [-0.4, -0.2) is 38.4 Å². The Morgan fingerprint density at radius 3 is 2.55 bits per heavy atom. The number of H-pyrrole nitrogens is 1. The maximum atomic E-state index is 13.2. The Bertz CT molecular complexity index is 1220. The lowest BCUT2D eigenvalue weighted by atomic mass is 10.1. The number of nitrogens with one attached hydrogen (secondary N) is 3. The van der Waals surface area contributed by atoms with Gasteiger partial charge >= 0.3 is 0 Å². The second kappa shape index (κ2) is 8.71. The summed E-state index contributed by atoms with van der Waals surface area (Å²) in [5, 5.41) is 5.95. The first kappa shape index (κ1) is 22.2. The summed E-state index contributed by atoms with van der Waals surface area (Å²) in [5.41, 5.74) is 3.61. The third-order valence-corrected chi connectivity index (χ3v) is 5.60. The fraction of sp³-hybridized carbons (Fsp3) is 0.409. The minimum atomic E-state index is -0.392. The number of nitrogens with zero attached hydrogens (tertiary/aromatic N) is 3. The van der Waals surface area contributed by atoms with Gasteiger partial charge in [0.1, 0.15) is 5.65 Å². The standard InChI is InChI=1S/C22H28N6O3/c1-7-13(4)28-14(5)17(16-10-24-18(22(31)23-6)27-19(16)28)21(30)25-9-15-11(2)8-12(3)26-20(15)29/h8,10,13H,7,9H2,1-6H3,(H,23,31)(H,25,30)(H,26,29). The SMILES string of the molecule is CCC(C)n1c(C)c(C(=O)NCc2c(C)cc(C)[nH]c2=O)c2cnc(C(=O)NC)nc21. The van der Waals surface area contributed by atoms with E-state index in [4.69, 9.17) is 0 Å². The summed E-state index contributed by atoms with van der Waals surface area (Å²) in [5.74, 6) is -0.664. The van der Waals surface area contributed by atoms with Crippen LogP contribution < -0.4 is 16.2 Å². The molecular weight excluding hydrogens is 396 g/mol. The average Bonchev–Trinajstić information content (AvgIpc) is 3.02. The van der Waals surface area contributed by atoms with Gasteiger partial charge in [0, 0.05) is 42.8 Å². The summed E-state index contributed by atoms with van der Waals surface area (Å²) in [6.45, 7) is 9.70. The van der Waals surface area contributed by atoms with E-state index in [-0.39, 0.29) is 29.9 Å². The van der Waals surface area contributed by atoms with E-state index in [0.717, 1.165) is 23.4 Å². The lowest BCUT2D eigenvalue weighted by Gasteiger charge is -2.15. The van der Waals surface area contributed by atoms with Crippen LogP contribution in [0.4, 0.5) is 0 Å². The van der Waals surface area contributed by atoms with E-state index in [0.29, 0.717) is 22.2 Å². The topological polar surface area (TPSA) is 122 Å². The van der Waals surface area contributed by atoms with Gasteiger partial charge in [0.2, 0.25) is 5.82 Å². The van der Waals surface area contributed by atoms with Crippen molar-refractivity contribution in [2.24, 2.45) is 0 Å². The number of aromatic amines is 1. The molecule has 0 saturated carbocycles. The number of carbonyl (C=O) groups excluding carboxylic acids is 2. The van der Waals surface area contributed by atoms with E-state index in [2.05, 4.69) is 25.6 Å². The molecule has 0 fully saturated rings. The fourth-order valence-electron chi connectivity index (χ4n) is 3.80. The number of fused-ring (bicyclic) bond motifs is 1. The third-order valence-electron chi connectivity index (χ3n) is 5.60. The number of pyridine rings is 1. The van der Waals surface area contributed by atoms with Gasteiger partial charge in [-0.05, 0) is 45.7 Å². The fourth-order valence-corrected chi connectivity index (χ4v) is 3.80. The van der Waals surface area contributed by atoms with E-state index < -0.39 is 5.91 Å². The van der Waals surface area contributed by atoms with Crippen LogP contribution in [0, 0.1) is 20.8 Å². The first-order chi connectivity index (χ1) is 14.7. The Morgan fingerprint density at radius 1 is 1.23 bits per heavy atom. The van der Waals surface area contributed by atoms with Gasteiger partial charge in [0.05, 0.1) is 10.9 Å². The van der Waals surface area contributed by atoms with Gasteiger partial charge in [-0.15, -0.1) is 0 Å². The highest BCUT2D eigenvalue weighted by atomic mass is 16.2. The molecule has 3 rings (SSSR count). The molecule has 3 aromatic rings. The van der Waals surface area contributed by atoms with E-state index in [9.17, 15) is 14.4 Å². The molecule has 0 aliphatic carbocycles. The van der Waals surface area contributed by atoms with Gasteiger partial charge in [0.25, 0.3) is 17.4 Å². The zero-order chi connectivity index (χ0) is 22.9. The quantitative estimate of drug-likeness (QED) is 0.561. The van der Waals surface area contributed by atoms with Gasteiger partial charge < -0.3 is 20.2 Å². The summed E-state index contributed by atoms with van der Waals surface area (Å²) in [7, 11) is 1.52. The van der Waals surface area contributed by atoms with Crippen molar-refractivity contribution in [3.63, 3.8) is 0 Å². The second-order valence-electron chi connectivity index (χ2n) is 7.72. The maximum Gasteiger partial charge on any atom is 0.288 e. The van der Waals surface area contributed by atoms with Crippen LogP contribution in [0.2, 0.25) is 0 Å². The van der Waals surface area contributed by atoms with Crippen LogP contribution in [0.25, 0.3) is 11.0 Å². The van der Waals surface area contributed by atoms with Crippen molar-refractivity contribution < 1.29 is 9.59 Å². The average molecular weight is 425 g/mol. The zero-order valence-corrected chi connectivity index (χ0v) is 18.7. The summed E-state index contributed by atoms with van der Waals surface area (Å²) >= 11 is 0. The van der Waals surface area contributed by atoms with Crippen molar-refractivity contribution in [2.75, 3.05) is 7.05 Å². The molecule has 0 saturated heterocycles. The van der Waals surface area contributed by atoms with Crippen molar-refractivity contribution >= 4 is 22.8 Å². The van der Waals surface area contributed by atoms with E-state index in [1.165, 1.54) is 13.2 Å². The molecule has 9 nitrogen and oxygen atoms in total. The van der Waals surface area contributed by atoms with Gasteiger partial charge in [-0.1, -0.05) is 6.92 Å². The molecule has 9 heteroatoms. The van der Waals surface area contributed by atoms with Crippen molar-refractivity contribution in [1.82, 2.24) is 30.2 Å². The number of aromatic nitrogens is 4. The predicted molar refractivity (Wildman–Crippen MR) is 118 cm³/mol. The molecule has 3 aromatic heterocycles. The normalized spacial score (nSPS) is 12.1. The molecule has 0 aliphatic heterocycles. The maximum absolute atomic E-state index is 13.2. The minimum absolute atomic E-state index is 0.0471. The molecule has 0 spiro atoms. The van der Waals surface area contributed by atoms with Gasteiger partial charge in [-0.2, -0.15) is 0 Å². The lowest BCUT2D eigenvalue weighted by Crippen LogP contribution is -2.28. The number of aryl methyl sites for hydroxylation is 2. The van der Waals surface area contributed by atoms with Crippen molar-refractivity contribution in [2.45, 2.75) is 53.6 Å². The first-order valence-electron chi connectivity index (χ1n) is 10.3. The monoisotopic (exact) mass is 424 g/mol. The predicted octanol–water partition coefficient (Wildman–Crippen LogP) is 2.31. The molecule has 1 atom stereocenters. The van der Waals surface area contributed by atoms with Gasteiger partial charge in [-0.3, -0.25) is 14.4 Å². The smallest absolute Gasteiger partial charge is 0.288 e. The lowest BCUT2D eigenvalue weighted by molar-refractivity contribution is 0.0945. The molecule has 3 N–H and O–H groups in total. The van der Waals surface area contributed by atoms with Crippen LogP contribution in [0.1, 0.15) is 69.8 Å². The Labute approximate surface area is 180 Å². The Morgan fingerprint density at radius 2 is 1.94 bits per heavy atom. The van der Waals surface area contributed by atoms with Crippen molar-refractivity contribution in [3.8, 4) is 0 Å². The molecule has 0 radical (unpaired) electrons. The van der Waals surface area contributed by atoms with Crippen LogP contribution in [-0.2, 0) is 6.54 Å². The van der Waals surface area contributed by atoms with Crippen LogP contribution >= 0.6 is 0 Å². The summed E-state index contributed by atoms with van der Waals surface area (Å²) in [6.07, 6.45) is 2.33. The van der Waals surface area contributed by atoms with Gasteiger partial charge in [-0.25, -0.2) is 9.97 Å². The Balaban J connectivity index is 2.05. The largest absolute Gasteiger partial charge is 0.352 e. The Hall–Kier alpha value is -3.49. The summed E-state index contributed by atoms with van der Waals surface area (Å²) in [4.78, 5) is 48.8. The molecule has 0 bridgehead atoms. The van der Waals surface area contributed by atoms with Gasteiger partial charge in [0.15, 0.2) is 0 Å².